The molecular formula is C16H10F3N3O. The van der Waals surface area contributed by atoms with Crippen LogP contribution in [0.3, 0.4) is 0 Å². The Hall–Kier alpha value is -2.96. The second kappa shape index (κ2) is 5.68. The lowest BCUT2D eigenvalue weighted by Gasteiger charge is -2.09. The molecule has 1 heterocycles. The summed E-state index contributed by atoms with van der Waals surface area (Å²) in [6, 6.07) is 8.61. The molecule has 0 fully saturated rings. The second-order valence-electron chi connectivity index (χ2n) is 4.82. The minimum atomic E-state index is -1.65. The first-order valence-electron chi connectivity index (χ1n) is 6.65. The van der Waals surface area contributed by atoms with Gasteiger partial charge in [-0.3, -0.25) is 4.79 Å². The zero-order valence-electron chi connectivity index (χ0n) is 11.9. The van der Waals surface area contributed by atoms with Gasteiger partial charge in [0.1, 0.15) is 5.69 Å². The van der Waals surface area contributed by atoms with E-state index in [1.807, 2.05) is 0 Å². The van der Waals surface area contributed by atoms with E-state index >= 15 is 0 Å². The number of hydrogen-bond donors (Lipinski definition) is 1. The van der Waals surface area contributed by atoms with Crippen molar-refractivity contribution in [2.45, 2.75) is 6.92 Å². The largest absolute Gasteiger partial charge is 0.318 e. The number of nitrogens with one attached hydrogen (secondary N) is 1. The molecule has 0 atom stereocenters. The molecule has 3 rings (SSSR count). The number of fused-ring (bicyclic) bond motifs is 1. The van der Waals surface area contributed by atoms with Crippen molar-refractivity contribution in [1.29, 1.82) is 0 Å². The van der Waals surface area contributed by atoms with E-state index in [1.54, 1.807) is 31.2 Å². The summed E-state index contributed by atoms with van der Waals surface area (Å²) in [5.74, 6) is -5.21. The van der Waals surface area contributed by atoms with Crippen LogP contribution in [0.2, 0.25) is 0 Å². The molecule has 23 heavy (non-hydrogen) atoms. The van der Waals surface area contributed by atoms with Crippen LogP contribution in [0.4, 0.5) is 18.9 Å². The van der Waals surface area contributed by atoms with E-state index in [-0.39, 0.29) is 5.69 Å². The van der Waals surface area contributed by atoms with E-state index in [2.05, 4.69) is 15.3 Å². The minimum absolute atomic E-state index is 0.0205. The highest BCUT2D eigenvalue weighted by atomic mass is 19.2. The average molecular weight is 317 g/mol. The van der Waals surface area contributed by atoms with Crippen molar-refractivity contribution in [3.63, 3.8) is 0 Å². The van der Waals surface area contributed by atoms with Gasteiger partial charge in [0.15, 0.2) is 17.5 Å². The first-order chi connectivity index (χ1) is 11.0. The molecule has 1 amide bonds. The van der Waals surface area contributed by atoms with Crippen LogP contribution in [-0.2, 0) is 0 Å². The Morgan fingerprint density at radius 3 is 2.30 bits per heavy atom. The summed E-state index contributed by atoms with van der Waals surface area (Å²) in [6.45, 7) is 1.58. The van der Waals surface area contributed by atoms with Gasteiger partial charge in [0.2, 0.25) is 0 Å². The van der Waals surface area contributed by atoms with Crippen molar-refractivity contribution in [3.05, 3.63) is 65.2 Å². The molecule has 3 aromatic rings. The van der Waals surface area contributed by atoms with Crippen molar-refractivity contribution >= 4 is 22.6 Å². The van der Waals surface area contributed by atoms with Crippen molar-refractivity contribution in [3.8, 4) is 0 Å². The molecule has 4 nitrogen and oxygen atoms in total. The van der Waals surface area contributed by atoms with Crippen molar-refractivity contribution in [2.75, 3.05) is 5.32 Å². The van der Waals surface area contributed by atoms with Crippen LogP contribution < -0.4 is 5.32 Å². The predicted molar refractivity (Wildman–Crippen MR) is 78.5 cm³/mol. The molecule has 1 aromatic heterocycles. The summed E-state index contributed by atoms with van der Waals surface area (Å²) in [5.41, 5.74) is 0.954. The predicted octanol–water partition coefficient (Wildman–Crippen LogP) is 3.61. The van der Waals surface area contributed by atoms with E-state index in [0.717, 1.165) is 12.1 Å². The maximum atomic E-state index is 13.6. The Balaban J connectivity index is 1.98. The average Bonchev–Trinajstić information content (AvgIpc) is 2.54. The first kappa shape index (κ1) is 15.0. The molecule has 7 heteroatoms. The smallest absolute Gasteiger partial charge is 0.276 e. The number of aromatic nitrogens is 2. The Morgan fingerprint density at radius 2 is 1.61 bits per heavy atom. The molecule has 1 N–H and O–H groups in total. The number of carbonyl (C=O) groups is 1. The molecule has 2 aromatic carbocycles. The molecule has 0 bridgehead atoms. The quantitative estimate of drug-likeness (QED) is 0.735. The zero-order valence-corrected chi connectivity index (χ0v) is 11.9. The molecular weight excluding hydrogens is 307 g/mol. The van der Waals surface area contributed by atoms with Gasteiger partial charge in [-0.05, 0) is 31.2 Å². The van der Waals surface area contributed by atoms with E-state index < -0.39 is 29.0 Å². The molecule has 116 valence electrons. The van der Waals surface area contributed by atoms with Crippen LogP contribution in [0.1, 0.15) is 16.2 Å². The van der Waals surface area contributed by atoms with Crippen molar-refractivity contribution in [1.82, 2.24) is 9.97 Å². The highest BCUT2D eigenvalue weighted by Gasteiger charge is 2.18. The maximum Gasteiger partial charge on any atom is 0.276 e. The lowest BCUT2D eigenvalue weighted by molar-refractivity contribution is 0.102. The summed E-state index contributed by atoms with van der Waals surface area (Å²) >= 11 is 0. The lowest BCUT2D eigenvalue weighted by atomic mass is 10.2. The standard InChI is InChI=1S/C16H10F3N3O/c1-8-15(21-11-5-3-2-4-10(11)20-8)16(23)22-12-7-6-9(17)13(18)14(12)19/h2-7H,1H3,(H,22,23). The normalized spacial score (nSPS) is 10.8. The van der Waals surface area contributed by atoms with Gasteiger partial charge in [-0.15, -0.1) is 0 Å². The van der Waals surface area contributed by atoms with Gasteiger partial charge in [-0.2, -0.15) is 0 Å². The molecule has 0 aliphatic carbocycles. The van der Waals surface area contributed by atoms with Crippen LogP contribution in [-0.4, -0.2) is 15.9 Å². The third-order valence-corrected chi connectivity index (χ3v) is 3.24. The van der Waals surface area contributed by atoms with Gasteiger partial charge < -0.3 is 5.32 Å². The molecule has 0 saturated heterocycles. The molecule has 0 aliphatic rings. The van der Waals surface area contributed by atoms with Crippen LogP contribution >= 0.6 is 0 Å². The summed E-state index contributed by atoms with van der Waals surface area (Å²) in [6.07, 6.45) is 0. The fourth-order valence-electron chi connectivity index (χ4n) is 2.11. The fraction of sp³-hybridized carbons (Fsp3) is 0.0625. The van der Waals surface area contributed by atoms with Crippen LogP contribution in [0, 0.1) is 24.4 Å². The van der Waals surface area contributed by atoms with Crippen LogP contribution in [0.25, 0.3) is 11.0 Å². The number of benzene rings is 2. The highest BCUT2D eigenvalue weighted by Crippen LogP contribution is 2.21. The Bertz CT molecular complexity index is 928. The van der Waals surface area contributed by atoms with Crippen molar-refractivity contribution < 1.29 is 18.0 Å². The van der Waals surface area contributed by atoms with E-state index in [9.17, 15) is 18.0 Å². The summed E-state index contributed by atoms with van der Waals surface area (Å²) in [7, 11) is 0. The van der Waals surface area contributed by atoms with Crippen molar-refractivity contribution in [2.24, 2.45) is 0 Å². The third-order valence-electron chi connectivity index (χ3n) is 3.24. The number of carbonyl (C=O) groups excluding carboxylic acids is 1. The molecule has 0 radical (unpaired) electrons. The third kappa shape index (κ3) is 2.73. The van der Waals surface area contributed by atoms with E-state index in [4.69, 9.17) is 0 Å². The van der Waals surface area contributed by atoms with Crippen LogP contribution in [0.15, 0.2) is 36.4 Å². The maximum absolute atomic E-state index is 13.6. The summed E-state index contributed by atoms with van der Waals surface area (Å²) in [5, 5.41) is 2.18. The Kier molecular flexibility index (Phi) is 3.69. The fourth-order valence-corrected chi connectivity index (χ4v) is 2.11. The highest BCUT2D eigenvalue weighted by molar-refractivity contribution is 6.04. The van der Waals surface area contributed by atoms with Gasteiger partial charge in [0.05, 0.1) is 22.4 Å². The number of amides is 1. The Morgan fingerprint density at radius 1 is 0.957 bits per heavy atom. The number of aryl methyl sites for hydroxylation is 1. The minimum Gasteiger partial charge on any atom is -0.318 e. The van der Waals surface area contributed by atoms with E-state index in [0.29, 0.717) is 16.7 Å². The topological polar surface area (TPSA) is 54.9 Å². The molecule has 0 spiro atoms. The molecule has 0 unspecified atom stereocenters. The number of rotatable bonds is 2. The van der Waals surface area contributed by atoms with Gasteiger partial charge >= 0.3 is 0 Å². The number of anilines is 1. The van der Waals surface area contributed by atoms with Gasteiger partial charge in [-0.1, -0.05) is 12.1 Å². The van der Waals surface area contributed by atoms with Gasteiger partial charge in [0.25, 0.3) is 5.91 Å². The SMILES string of the molecule is Cc1nc2ccccc2nc1C(=O)Nc1ccc(F)c(F)c1F. The number of hydrogen-bond acceptors (Lipinski definition) is 3. The van der Waals surface area contributed by atoms with Crippen LogP contribution in [0.5, 0.6) is 0 Å². The van der Waals surface area contributed by atoms with Gasteiger partial charge in [0, 0.05) is 0 Å². The van der Waals surface area contributed by atoms with Gasteiger partial charge in [-0.25, -0.2) is 23.1 Å². The molecule has 0 aliphatic heterocycles. The Labute approximate surface area is 129 Å². The second-order valence-corrected chi connectivity index (χ2v) is 4.82. The first-order valence-corrected chi connectivity index (χ1v) is 6.65. The zero-order chi connectivity index (χ0) is 16.6. The van der Waals surface area contributed by atoms with E-state index in [1.165, 1.54) is 0 Å². The number of nitrogens with zero attached hydrogens (tertiary/aromatic N) is 2. The number of halogens is 3. The summed E-state index contributed by atoms with van der Waals surface area (Å²) < 4.78 is 39.7. The lowest BCUT2D eigenvalue weighted by Crippen LogP contribution is -2.17. The number of para-hydroxylation sites is 2. The summed E-state index contributed by atoms with van der Waals surface area (Å²) in [4.78, 5) is 20.6. The monoisotopic (exact) mass is 317 g/mol. The molecule has 0 saturated carbocycles.